The van der Waals surface area contributed by atoms with E-state index in [1.807, 2.05) is 12.3 Å². The molecular formula is C14H16N4O2. The van der Waals surface area contributed by atoms with Crippen LogP contribution in [0.25, 0.3) is 0 Å². The summed E-state index contributed by atoms with van der Waals surface area (Å²) in [6.07, 6.45) is 3.62. The predicted octanol–water partition coefficient (Wildman–Crippen LogP) is 1.37. The minimum atomic E-state index is 0.0675. The lowest BCUT2D eigenvalue weighted by Crippen LogP contribution is -2.03. The van der Waals surface area contributed by atoms with Crippen molar-refractivity contribution < 1.29 is 9.84 Å². The highest BCUT2D eigenvalue weighted by atomic mass is 16.5. The van der Waals surface area contributed by atoms with Gasteiger partial charge in [0.1, 0.15) is 5.75 Å². The summed E-state index contributed by atoms with van der Waals surface area (Å²) < 4.78 is 6.94. The number of aromatic nitrogens is 2. The van der Waals surface area contributed by atoms with Gasteiger partial charge in [-0.05, 0) is 12.1 Å². The molecule has 0 saturated carbocycles. The zero-order valence-corrected chi connectivity index (χ0v) is 11.2. The van der Waals surface area contributed by atoms with E-state index in [2.05, 4.69) is 16.5 Å². The van der Waals surface area contributed by atoms with Gasteiger partial charge in [0.15, 0.2) is 0 Å². The Hall–Kier alpha value is -2.52. The number of ether oxygens (including phenoxy) is 1. The Kier molecular flexibility index (Phi) is 4.58. The summed E-state index contributed by atoms with van der Waals surface area (Å²) in [5.41, 5.74) is 2.38. The first-order chi connectivity index (χ1) is 9.76. The monoisotopic (exact) mass is 272 g/mol. The van der Waals surface area contributed by atoms with E-state index in [9.17, 15) is 0 Å². The molecule has 2 aromatic rings. The first kappa shape index (κ1) is 13.9. The second-order valence-electron chi connectivity index (χ2n) is 4.22. The maximum atomic E-state index is 8.85. The Bertz CT molecular complexity index is 616. The molecule has 0 spiro atoms. The van der Waals surface area contributed by atoms with Gasteiger partial charge < -0.3 is 15.2 Å². The van der Waals surface area contributed by atoms with Gasteiger partial charge in [0.05, 0.1) is 43.8 Å². The number of nitrogens with one attached hydrogen (secondary N) is 1. The highest BCUT2D eigenvalue weighted by molar-refractivity contribution is 5.59. The van der Waals surface area contributed by atoms with E-state index in [1.54, 1.807) is 30.1 Å². The lowest BCUT2D eigenvalue weighted by molar-refractivity contribution is 0.269. The number of hydrogen-bond acceptors (Lipinski definition) is 5. The number of nitrogens with zero attached hydrogens (tertiary/aromatic N) is 3. The number of benzene rings is 1. The summed E-state index contributed by atoms with van der Waals surface area (Å²) in [4.78, 5) is 0. The van der Waals surface area contributed by atoms with Crippen LogP contribution in [0.2, 0.25) is 0 Å². The summed E-state index contributed by atoms with van der Waals surface area (Å²) in [5.74, 6) is 0.631. The van der Waals surface area contributed by atoms with Crippen molar-refractivity contribution in [1.82, 2.24) is 9.78 Å². The van der Waals surface area contributed by atoms with Crippen molar-refractivity contribution in [1.29, 1.82) is 5.26 Å². The Morgan fingerprint density at radius 3 is 3.05 bits per heavy atom. The summed E-state index contributed by atoms with van der Waals surface area (Å²) in [7, 11) is 1.57. The first-order valence-electron chi connectivity index (χ1n) is 6.21. The van der Waals surface area contributed by atoms with Gasteiger partial charge in [0.2, 0.25) is 0 Å². The normalized spacial score (nSPS) is 10.1. The van der Waals surface area contributed by atoms with Crippen LogP contribution < -0.4 is 10.1 Å². The van der Waals surface area contributed by atoms with Crippen molar-refractivity contribution >= 4 is 5.69 Å². The minimum Gasteiger partial charge on any atom is -0.495 e. The molecule has 0 radical (unpaired) electrons. The van der Waals surface area contributed by atoms with Crippen molar-refractivity contribution in [3.63, 3.8) is 0 Å². The Labute approximate surface area is 117 Å². The Morgan fingerprint density at radius 1 is 1.50 bits per heavy atom. The molecule has 1 heterocycles. The van der Waals surface area contributed by atoms with E-state index in [0.717, 1.165) is 11.3 Å². The molecule has 0 unspecified atom stereocenters. The second kappa shape index (κ2) is 6.59. The van der Waals surface area contributed by atoms with Crippen LogP contribution in [0.3, 0.4) is 0 Å². The molecule has 1 aromatic heterocycles. The molecule has 0 amide bonds. The third-order valence-electron chi connectivity index (χ3n) is 2.83. The van der Waals surface area contributed by atoms with Gasteiger partial charge >= 0.3 is 0 Å². The number of nitriles is 1. The number of rotatable bonds is 6. The number of anilines is 1. The quantitative estimate of drug-likeness (QED) is 0.829. The van der Waals surface area contributed by atoms with Crippen LogP contribution in [0.5, 0.6) is 5.75 Å². The third-order valence-corrected chi connectivity index (χ3v) is 2.83. The summed E-state index contributed by atoms with van der Waals surface area (Å²) in [5, 5.41) is 25.1. The number of methoxy groups -OCH3 is 1. The van der Waals surface area contributed by atoms with Crippen LogP contribution in [-0.2, 0) is 13.1 Å². The van der Waals surface area contributed by atoms with Crippen LogP contribution in [-0.4, -0.2) is 28.6 Å². The number of aliphatic hydroxyl groups excluding tert-OH is 1. The molecule has 0 fully saturated rings. The average molecular weight is 272 g/mol. The summed E-state index contributed by atoms with van der Waals surface area (Å²) >= 11 is 0. The van der Waals surface area contributed by atoms with E-state index in [0.29, 0.717) is 24.4 Å². The van der Waals surface area contributed by atoms with E-state index in [1.165, 1.54) is 0 Å². The zero-order chi connectivity index (χ0) is 14.4. The molecule has 2 N–H and O–H groups in total. The lowest BCUT2D eigenvalue weighted by atomic mass is 10.2. The number of hydrogen-bond donors (Lipinski definition) is 2. The molecule has 6 heteroatoms. The molecule has 104 valence electrons. The van der Waals surface area contributed by atoms with Crippen LogP contribution >= 0.6 is 0 Å². The van der Waals surface area contributed by atoms with Gasteiger partial charge in [-0.3, -0.25) is 4.68 Å². The van der Waals surface area contributed by atoms with E-state index >= 15 is 0 Å². The fourth-order valence-corrected chi connectivity index (χ4v) is 1.83. The van der Waals surface area contributed by atoms with E-state index in [4.69, 9.17) is 15.1 Å². The van der Waals surface area contributed by atoms with Crippen molar-refractivity contribution in [2.24, 2.45) is 0 Å². The fraction of sp³-hybridized carbons (Fsp3) is 0.286. The molecule has 2 rings (SSSR count). The van der Waals surface area contributed by atoms with Gasteiger partial charge in [-0.1, -0.05) is 0 Å². The smallest absolute Gasteiger partial charge is 0.143 e. The molecule has 6 nitrogen and oxygen atoms in total. The van der Waals surface area contributed by atoms with Gasteiger partial charge in [0.25, 0.3) is 0 Å². The SMILES string of the molecule is COc1cc(C#N)ccc1NCc1cnn(CCO)c1. The standard InChI is InChI=1S/C14H16N4O2/c1-20-14-6-11(7-15)2-3-13(14)16-8-12-9-17-18(10-12)4-5-19/h2-3,6,9-10,16,19H,4-5,8H2,1H3. The largest absolute Gasteiger partial charge is 0.495 e. The van der Waals surface area contributed by atoms with Crippen LogP contribution in [0.4, 0.5) is 5.69 Å². The van der Waals surface area contributed by atoms with Crippen molar-refractivity contribution in [3.05, 3.63) is 41.7 Å². The van der Waals surface area contributed by atoms with Crippen molar-refractivity contribution in [2.75, 3.05) is 19.0 Å². The predicted molar refractivity (Wildman–Crippen MR) is 74.3 cm³/mol. The molecule has 0 aliphatic rings. The third kappa shape index (κ3) is 3.28. The zero-order valence-electron chi connectivity index (χ0n) is 11.2. The Morgan fingerprint density at radius 2 is 2.35 bits per heavy atom. The lowest BCUT2D eigenvalue weighted by Gasteiger charge is -2.10. The summed E-state index contributed by atoms with van der Waals surface area (Å²) in [6.45, 7) is 1.14. The highest BCUT2D eigenvalue weighted by Gasteiger charge is 2.05. The van der Waals surface area contributed by atoms with Crippen molar-refractivity contribution in [3.8, 4) is 11.8 Å². The van der Waals surface area contributed by atoms with Gasteiger partial charge in [-0.15, -0.1) is 0 Å². The Balaban J connectivity index is 2.04. The van der Waals surface area contributed by atoms with Gasteiger partial charge in [-0.2, -0.15) is 10.4 Å². The van der Waals surface area contributed by atoms with Crippen molar-refractivity contribution in [2.45, 2.75) is 13.1 Å². The molecule has 0 aliphatic heterocycles. The van der Waals surface area contributed by atoms with E-state index < -0.39 is 0 Å². The molecule has 0 atom stereocenters. The van der Waals surface area contributed by atoms with Crippen LogP contribution in [0.1, 0.15) is 11.1 Å². The van der Waals surface area contributed by atoms with Gasteiger partial charge in [-0.25, -0.2) is 0 Å². The molecule has 20 heavy (non-hydrogen) atoms. The maximum absolute atomic E-state index is 8.85. The number of aliphatic hydroxyl groups is 1. The van der Waals surface area contributed by atoms with Gasteiger partial charge in [0, 0.05) is 24.4 Å². The fourth-order valence-electron chi connectivity index (χ4n) is 1.83. The molecule has 0 saturated heterocycles. The van der Waals surface area contributed by atoms with Crippen LogP contribution in [0, 0.1) is 11.3 Å². The van der Waals surface area contributed by atoms with E-state index in [-0.39, 0.29) is 6.61 Å². The average Bonchev–Trinajstić information content (AvgIpc) is 2.93. The topological polar surface area (TPSA) is 83.1 Å². The molecular weight excluding hydrogens is 256 g/mol. The first-order valence-corrected chi connectivity index (χ1v) is 6.21. The summed E-state index contributed by atoms with van der Waals surface area (Å²) in [6, 6.07) is 7.32. The molecule has 0 aliphatic carbocycles. The highest BCUT2D eigenvalue weighted by Crippen LogP contribution is 2.25. The van der Waals surface area contributed by atoms with Crippen LogP contribution in [0.15, 0.2) is 30.6 Å². The maximum Gasteiger partial charge on any atom is 0.143 e. The second-order valence-corrected chi connectivity index (χ2v) is 4.22. The minimum absolute atomic E-state index is 0.0675. The molecule has 0 bridgehead atoms. The molecule has 1 aromatic carbocycles.